The number of ether oxygens (including phenoxy) is 2. The van der Waals surface area contributed by atoms with E-state index in [0.29, 0.717) is 25.0 Å². The van der Waals surface area contributed by atoms with Gasteiger partial charge in [0.25, 0.3) is 0 Å². The molecule has 0 saturated carbocycles. The molecule has 27 heavy (non-hydrogen) atoms. The van der Waals surface area contributed by atoms with Gasteiger partial charge in [0.05, 0.1) is 31.9 Å². The van der Waals surface area contributed by atoms with Gasteiger partial charge in [0, 0.05) is 44.1 Å². The molecule has 0 radical (unpaired) electrons. The van der Waals surface area contributed by atoms with Gasteiger partial charge in [-0.1, -0.05) is 0 Å². The van der Waals surface area contributed by atoms with Crippen molar-refractivity contribution in [2.24, 2.45) is 0 Å². The second kappa shape index (κ2) is 7.88. The van der Waals surface area contributed by atoms with Crippen LogP contribution in [-0.2, 0) is 4.74 Å². The summed E-state index contributed by atoms with van der Waals surface area (Å²) < 4.78 is 13.6. The lowest BCUT2D eigenvalue weighted by atomic mass is 10.1. The second-order valence-corrected chi connectivity index (χ2v) is 7.29. The number of likely N-dealkylation sites (N-methyl/N-ethyl adjacent to an activating group) is 1. The Morgan fingerprint density at radius 1 is 1.19 bits per heavy atom. The summed E-state index contributed by atoms with van der Waals surface area (Å²) in [6.45, 7) is 8.18. The predicted octanol–water partition coefficient (Wildman–Crippen LogP) is 1.84. The lowest BCUT2D eigenvalue weighted by Crippen LogP contribution is -2.51. The van der Waals surface area contributed by atoms with Gasteiger partial charge in [-0.15, -0.1) is 0 Å². The number of aromatic hydroxyl groups is 1. The Labute approximate surface area is 160 Å². The molecule has 7 nitrogen and oxygen atoms in total. The van der Waals surface area contributed by atoms with Crippen LogP contribution in [0.15, 0.2) is 30.6 Å². The molecule has 1 aromatic heterocycles. The van der Waals surface area contributed by atoms with E-state index in [9.17, 15) is 5.11 Å². The highest BCUT2D eigenvalue weighted by Gasteiger charge is 2.36. The van der Waals surface area contributed by atoms with Gasteiger partial charge in [-0.3, -0.25) is 4.90 Å². The van der Waals surface area contributed by atoms with Crippen molar-refractivity contribution in [1.82, 2.24) is 19.4 Å². The molecule has 0 aliphatic carbocycles. The molecule has 0 unspecified atom stereocenters. The first-order valence-electron chi connectivity index (χ1n) is 9.66. The number of hydrogen-bond acceptors (Lipinski definition) is 6. The summed E-state index contributed by atoms with van der Waals surface area (Å²) in [4.78, 5) is 9.51. The number of imidazole rings is 1. The highest BCUT2D eigenvalue weighted by Crippen LogP contribution is 2.34. The Kier molecular flexibility index (Phi) is 5.33. The maximum absolute atomic E-state index is 10.00. The summed E-state index contributed by atoms with van der Waals surface area (Å²) in [6, 6.07) is 6.00. The van der Waals surface area contributed by atoms with Crippen molar-refractivity contribution >= 4 is 0 Å². The minimum absolute atomic E-state index is 0.151. The van der Waals surface area contributed by atoms with Crippen LogP contribution in [0.2, 0.25) is 0 Å². The number of aromatic nitrogens is 2. The summed E-state index contributed by atoms with van der Waals surface area (Å²) in [6.07, 6.45) is 3.87. The van der Waals surface area contributed by atoms with Gasteiger partial charge < -0.3 is 24.0 Å². The largest absolute Gasteiger partial charge is 0.504 e. The van der Waals surface area contributed by atoms with Crippen LogP contribution in [0.25, 0.3) is 11.4 Å². The van der Waals surface area contributed by atoms with Crippen LogP contribution in [-0.4, -0.2) is 83.5 Å². The molecule has 0 bridgehead atoms. The van der Waals surface area contributed by atoms with E-state index in [-0.39, 0.29) is 11.8 Å². The lowest BCUT2D eigenvalue weighted by Gasteiger charge is -2.38. The molecule has 2 aliphatic rings. The van der Waals surface area contributed by atoms with Crippen LogP contribution in [0.4, 0.5) is 0 Å². The van der Waals surface area contributed by atoms with E-state index < -0.39 is 0 Å². The Morgan fingerprint density at radius 3 is 2.74 bits per heavy atom. The minimum Gasteiger partial charge on any atom is -0.504 e. The van der Waals surface area contributed by atoms with Gasteiger partial charge in [0.1, 0.15) is 5.82 Å². The highest BCUT2D eigenvalue weighted by molar-refractivity contribution is 5.61. The van der Waals surface area contributed by atoms with Gasteiger partial charge in [0.2, 0.25) is 0 Å². The van der Waals surface area contributed by atoms with Crippen molar-refractivity contribution in [3.05, 3.63) is 30.6 Å². The summed E-state index contributed by atoms with van der Waals surface area (Å²) in [5, 5.41) is 10.00. The summed E-state index contributed by atoms with van der Waals surface area (Å²) in [5.41, 5.74) is 0.935. The number of benzene rings is 1. The molecule has 1 N–H and O–H groups in total. The smallest absolute Gasteiger partial charge is 0.161 e. The van der Waals surface area contributed by atoms with Crippen molar-refractivity contribution in [3.63, 3.8) is 0 Å². The molecule has 146 valence electrons. The molecular formula is C20H28N4O3. The van der Waals surface area contributed by atoms with E-state index in [2.05, 4.69) is 26.4 Å². The van der Waals surface area contributed by atoms with E-state index in [4.69, 9.17) is 9.47 Å². The fourth-order valence-electron chi connectivity index (χ4n) is 4.03. The fourth-order valence-corrected chi connectivity index (χ4v) is 4.03. The third-order valence-electron chi connectivity index (χ3n) is 5.57. The Bertz CT molecular complexity index is 770. The maximum atomic E-state index is 10.00. The standard InChI is InChI=1S/C20H28N4O3/c1-3-27-19-12-15(4-5-18(19)25)20-21-6-7-24(20)17-14-26-13-16(17)23-10-8-22(2)9-11-23/h4-7,12,16-17,25H,3,8-11,13-14H2,1-2H3/t16-,17-/m1/s1. The Morgan fingerprint density at radius 2 is 1.96 bits per heavy atom. The van der Waals surface area contributed by atoms with E-state index in [1.807, 2.05) is 31.5 Å². The van der Waals surface area contributed by atoms with Crippen LogP contribution in [0.5, 0.6) is 11.5 Å². The zero-order valence-electron chi connectivity index (χ0n) is 16.0. The number of rotatable bonds is 5. The van der Waals surface area contributed by atoms with E-state index in [1.165, 1.54) is 0 Å². The average Bonchev–Trinajstić information content (AvgIpc) is 3.33. The first-order chi connectivity index (χ1) is 13.2. The molecule has 2 aromatic rings. The first kappa shape index (κ1) is 18.3. The van der Waals surface area contributed by atoms with Crippen molar-refractivity contribution in [2.45, 2.75) is 19.0 Å². The van der Waals surface area contributed by atoms with Gasteiger partial charge in [-0.25, -0.2) is 4.98 Å². The molecule has 2 saturated heterocycles. The van der Waals surface area contributed by atoms with Gasteiger partial charge in [0.15, 0.2) is 11.5 Å². The Hall–Kier alpha value is -2.09. The SMILES string of the molecule is CCOc1cc(-c2nccn2[C@@H]2COC[C@H]2N2CCN(C)CC2)ccc1O. The third-order valence-corrected chi connectivity index (χ3v) is 5.57. The molecule has 2 aliphatic heterocycles. The number of piperazine rings is 1. The van der Waals surface area contributed by atoms with Gasteiger partial charge >= 0.3 is 0 Å². The third kappa shape index (κ3) is 3.67. The molecule has 0 spiro atoms. The van der Waals surface area contributed by atoms with Crippen LogP contribution in [0.1, 0.15) is 13.0 Å². The van der Waals surface area contributed by atoms with Crippen LogP contribution in [0, 0.1) is 0 Å². The van der Waals surface area contributed by atoms with Gasteiger partial charge in [-0.05, 0) is 32.2 Å². The molecule has 1 aromatic carbocycles. The number of phenols is 1. The molecule has 3 heterocycles. The molecule has 7 heteroatoms. The average molecular weight is 372 g/mol. The lowest BCUT2D eigenvalue weighted by molar-refractivity contribution is 0.0889. The quantitative estimate of drug-likeness (QED) is 0.864. The molecule has 0 amide bonds. The maximum Gasteiger partial charge on any atom is 0.161 e. The highest BCUT2D eigenvalue weighted by atomic mass is 16.5. The van der Waals surface area contributed by atoms with Crippen molar-refractivity contribution < 1.29 is 14.6 Å². The summed E-state index contributed by atoms with van der Waals surface area (Å²) >= 11 is 0. The van der Waals surface area contributed by atoms with E-state index >= 15 is 0 Å². The molecule has 2 atom stereocenters. The van der Waals surface area contributed by atoms with Gasteiger partial charge in [-0.2, -0.15) is 0 Å². The van der Waals surface area contributed by atoms with Crippen LogP contribution in [0.3, 0.4) is 0 Å². The van der Waals surface area contributed by atoms with Crippen molar-refractivity contribution in [1.29, 1.82) is 0 Å². The predicted molar refractivity (Wildman–Crippen MR) is 103 cm³/mol. The van der Waals surface area contributed by atoms with Crippen LogP contribution >= 0.6 is 0 Å². The fraction of sp³-hybridized carbons (Fsp3) is 0.550. The van der Waals surface area contributed by atoms with E-state index in [1.54, 1.807) is 6.07 Å². The molecular weight excluding hydrogens is 344 g/mol. The van der Waals surface area contributed by atoms with Crippen molar-refractivity contribution in [3.8, 4) is 22.9 Å². The molecule has 2 fully saturated rings. The number of hydrogen-bond donors (Lipinski definition) is 1. The Balaban J connectivity index is 1.60. The topological polar surface area (TPSA) is 63.0 Å². The van der Waals surface area contributed by atoms with Crippen molar-refractivity contribution in [2.75, 3.05) is 53.0 Å². The summed E-state index contributed by atoms with van der Waals surface area (Å²) in [7, 11) is 2.18. The normalized spacial score (nSPS) is 24.4. The van der Waals surface area contributed by atoms with E-state index in [0.717, 1.165) is 44.2 Å². The second-order valence-electron chi connectivity index (χ2n) is 7.29. The zero-order valence-corrected chi connectivity index (χ0v) is 16.0. The number of phenolic OH excluding ortho intramolecular Hbond substituents is 1. The molecule has 4 rings (SSSR count). The zero-order chi connectivity index (χ0) is 18.8. The monoisotopic (exact) mass is 372 g/mol. The minimum atomic E-state index is 0.151. The summed E-state index contributed by atoms with van der Waals surface area (Å²) in [5.74, 6) is 1.52. The van der Waals surface area contributed by atoms with Crippen LogP contribution < -0.4 is 4.74 Å². The first-order valence-corrected chi connectivity index (χ1v) is 9.66. The number of nitrogens with zero attached hydrogens (tertiary/aromatic N) is 4.